The Morgan fingerprint density at radius 1 is 1.32 bits per heavy atom. The lowest BCUT2D eigenvalue weighted by Gasteiger charge is -2.13. The Morgan fingerprint density at radius 2 is 2.00 bits per heavy atom. The molecule has 5 nitrogen and oxygen atoms in total. The van der Waals surface area contributed by atoms with Crippen LogP contribution < -0.4 is 11.1 Å². The van der Waals surface area contributed by atoms with Crippen LogP contribution in [0.25, 0.3) is 0 Å². The van der Waals surface area contributed by atoms with Crippen molar-refractivity contribution < 1.29 is 9.53 Å². The molecule has 0 aliphatic rings. The molecule has 19 heavy (non-hydrogen) atoms. The predicted octanol–water partition coefficient (Wildman–Crippen LogP) is 0.381. The van der Waals surface area contributed by atoms with Crippen molar-refractivity contribution in [1.82, 2.24) is 10.2 Å². The minimum atomic E-state index is -0.622. The van der Waals surface area contributed by atoms with Crippen LogP contribution in [0.3, 0.4) is 0 Å². The van der Waals surface area contributed by atoms with Crippen molar-refractivity contribution in [3.63, 3.8) is 0 Å². The zero-order valence-electron chi connectivity index (χ0n) is 11.6. The number of carbonyl (C=O) groups is 1. The Morgan fingerprint density at radius 3 is 2.63 bits per heavy atom. The topological polar surface area (TPSA) is 67.6 Å². The van der Waals surface area contributed by atoms with Crippen LogP contribution in [0.15, 0.2) is 30.3 Å². The lowest BCUT2D eigenvalue weighted by Crippen LogP contribution is -2.36. The van der Waals surface area contributed by atoms with Crippen LogP contribution in [0.5, 0.6) is 0 Å². The molecule has 1 aromatic carbocycles. The standard InChI is InChI=1S/C14H23N3O2/c1-17(2)9-11-19-10-8-16-14(18)13(15)12-6-4-3-5-7-12/h3-7,13H,8-11,15H2,1-2H3,(H,16,18)/t13-/m0/s1. The minimum absolute atomic E-state index is 0.178. The van der Waals surface area contributed by atoms with E-state index in [1.807, 2.05) is 49.3 Å². The third-order valence-corrected chi connectivity index (χ3v) is 2.67. The highest BCUT2D eigenvalue weighted by molar-refractivity contribution is 5.82. The molecule has 0 bridgehead atoms. The minimum Gasteiger partial charge on any atom is -0.378 e. The maximum Gasteiger partial charge on any atom is 0.241 e. The van der Waals surface area contributed by atoms with Gasteiger partial charge < -0.3 is 20.7 Å². The molecule has 0 unspecified atom stereocenters. The van der Waals surface area contributed by atoms with Crippen LogP contribution in [0.1, 0.15) is 11.6 Å². The van der Waals surface area contributed by atoms with Gasteiger partial charge in [-0.2, -0.15) is 0 Å². The molecule has 0 spiro atoms. The quantitative estimate of drug-likeness (QED) is 0.667. The number of hydrogen-bond acceptors (Lipinski definition) is 4. The smallest absolute Gasteiger partial charge is 0.241 e. The molecule has 3 N–H and O–H groups in total. The van der Waals surface area contributed by atoms with Crippen LogP contribution in [0.4, 0.5) is 0 Å². The number of carbonyl (C=O) groups excluding carboxylic acids is 1. The Balaban J connectivity index is 2.17. The zero-order chi connectivity index (χ0) is 14.1. The highest BCUT2D eigenvalue weighted by Crippen LogP contribution is 2.08. The van der Waals surface area contributed by atoms with E-state index in [0.717, 1.165) is 12.1 Å². The molecule has 5 heteroatoms. The second-order valence-electron chi connectivity index (χ2n) is 4.60. The molecule has 0 heterocycles. The molecule has 106 valence electrons. The molecule has 0 fully saturated rings. The highest BCUT2D eigenvalue weighted by Gasteiger charge is 2.14. The van der Waals surface area contributed by atoms with Crippen LogP contribution >= 0.6 is 0 Å². The van der Waals surface area contributed by atoms with E-state index >= 15 is 0 Å². The van der Waals surface area contributed by atoms with Crippen LogP contribution in [-0.4, -0.2) is 51.2 Å². The fraction of sp³-hybridized carbons (Fsp3) is 0.500. The number of nitrogens with two attached hydrogens (primary N) is 1. The van der Waals surface area contributed by atoms with Crippen molar-refractivity contribution in [2.75, 3.05) is 40.4 Å². The maximum atomic E-state index is 11.8. The fourth-order valence-corrected chi connectivity index (χ4v) is 1.52. The number of nitrogens with zero attached hydrogens (tertiary/aromatic N) is 1. The van der Waals surface area contributed by atoms with Gasteiger partial charge in [0.2, 0.25) is 5.91 Å². The van der Waals surface area contributed by atoms with Crippen molar-refractivity contribution in [2.45, 2.75) is 6.04 Å². The summed E-state index contributed by atoms with van der Waals surface area (Å²) >= 11 is 0. The van der Waals surface area contributed by atoms with Crippen LogP contribution in [-0.2, 0) is 9.53 Å². The normalized spacial score (nSPS) is 12.4. The SMILES string of the molecule is CN(C)CCOCCNC(=O)[C@@H](N)c1ccccc1. The third-order valence-electron chi connectivity index (χ3n) is 2.67. The number of rotatable bonds is 8. The van der Waals surface area contributed by atoms with Gasteiger partial charge in [0.25, 0.3) is 0 Å². The van der Waals surface area contributed by atoms with E-state index in [9.17, 15) is 4.79 Å². The molecule has 0 aliphatic heterocycles. The molecule has 0 saturated carbocycles. The van der Waals surface area contributed by atoms with E-state index in [1.54, 1.807) is 0 Å². The molecule has 0 radical (unpaired) electrons. The summed E-state index contributed by atoms with van der Waals surface area (Å²) in [5.41, 5.74) is 6.67. The number of hydrogen-bond donors (Lipinski definition) is 2. The summed E-state index contributed by atoms with van der Waals surface area (Å²) in [6.07, 6.45) is 0. The van der Waals surface area contributed by atoms with E-state index in [4.69, 9.17) is 10.5 Å². The zero-order valence-corrected chi connectivity index (χ0v) is 11.6. The highest BCUT2D eigenvalue weighted by atomic mass is 16.5. The molecular weight excluding hydrogens is 242 g/mol. The van der Waals surface area contributed by atoms with Gasteiger partial charge in [0.05, 0.1) is 13.2 Å². The Hall–Kier alpha value is -1.43. The first-order valence-electron chi connectivity index (χ1n) is 6.42. The molecule has 1 amide bonds. The average Bonchev–Trinajstić information content (AvgIpc) is 2.42. The van der Waals surface area contributed by atoms with Gasteiger partial charge in [0.1, 0.15) is 6.04 Å². The summed E-state index contributed by atoms with van der Waals surface area (Å²) in [5, 5.41) is 2.77. The number of amides is 1. The van der Waals surface area contributed by atoms with Crippen molar-refractivity contribution in [3.05, 3.63) is 35.9 Å². The van der Waals surface area contributed by atoms with Crippen LogP contribution in [0, 0.1) is 0 Å². The first kappa shape index (κ1) is 15.6. The van der Waals surface area contributed by atoms with Gasteiger partial charge in [-0.3, -0.25) is 4.79 Å². The largest absolute Gasteiger partial charge is 0.378 e. The predicted molar refractivity (Wildman–Crippen MR) is 75.8 cm³/mol. The van der Waals surface area contributed by atoms with E-state index in [1.165, 1.54) is 0 Å². The van der Waals surface area contributed by atoms with Crippen molar-refractivity contribution in [1.29, 1.82) is 0 Å². The first-order valence-corrected chi connectivity index (χ1v) is 6.42. The lowest BCUT2D eigenvalue weighted by molar-refractivity contribution is -0.122. The maximum absolute atomic E-state index is 11.8. The number of benzene rings is 1. The van der Waals surface area contributed by atoms with Crippen molar-refractivity contribution in [3.8, 4) is 0 Å². The second kappa shape index (κ2) is 8.63. The summed E-state index contributed by atoms with van der Waals surface area (Å²) in [6.45, 7) is 2.51. The van der Waals surface area contributed by atoms with Crippen molar-refractivity contribution in [2.24, 2.45) is 5.73 Å². The molecule has 0 aromatic heterocycles. The molecular formula is C14H23N3O2. The molecule has 1 aromatic rings. The van der Waals surface area contributed by atoms with Crippen LogP contribution in [0.2, 0.25) is 0 Å². The van der Waals surface area contributed by atoms with Gasteiger partial charge in [-0.15, -0.1) is 0 Å². The molecule has 0 aliphatic carbocycles. The Labute approximate surface area is 114 Å². The first-order chi connectivity index (χ1) is 9.11. The van der Waals surface area contributed by atoms with Gasteiger partial charge in [-0.05, 0) is 19.7 Å². The van der Waals surface area contributed by atoms with E-state index in [-0.39, 0.29) is 5.91 Å². The molecule has 1 atom stereocenters. The summed E-state index contributed by atoms with van der Waals surface area (Å²) in [5.74, 6) is -0.178. The molecule has 1 rings (SSSR count). The monoisotopic (exact) mass is 265 g/mol. The number of ether oxygens (including phenoxy) is 1. The average molecular weight is 265 g/mol. The summed E-state index contributed by atoms with van der Waals surface area (Å²) in [4.78, 5) is 13.8. The number of likely N-dealkylation sites (N-methyl/N-ethyl adjacent to an activating group) is 1. The van der Waals surface area contributed by atoms with E-state index < -0.39 is 6.04 Å². The van der Waals surface area contributed by atoms with E-state index in [2.05, 4.69) is 5.32 Å². The Bertz CT molecular complexity index is 368. The van der Waals surface area contributed by atoms with Gasteiger partial charge in [-0.25, -0.2) is 0 Å². The molecule has 0 saturated heterocycles. The summed E-state index contributed by atoms with van der Waals surface area (Å²) < 4.78 is 5.38. The Kier molecular flexibility index (Phi) is 7.10. The van der Waals surface area contributed by atoms with Crippen molar-refractivity contribution >= 4 is 5.91 Å². The fourth-order valence-electron chi connectivity index (χ4n) is 1.52. The van der Waals surface area contributed by atoms with Gasteiger partial charge in [0.15, 0.2) is 0 Å². The van der Waals surface area contributed by atoms with Gasteiger partial charge in [-0.1, -0.05) is 30.3 Å². The third kappa shape index (κ3) is 6.33. The van der Waals surface area contributed by atoms with E-state index in [0.29, 0.717) is 19.8 Å². The number of nitrogens with one attached hydrogen (secondary N) is 1. The lowest BCUT2D eigenvalue weighted by atomic mass is 10.1. The second-order valence-corrected chi connectivity index (χ2v) is 4.60. The summed E-state index contributed by atoms with van der Waals surface area (Å²) in [6, 6.07) is 8.70. The van der Waals surface area contributed by atoms with Gasteiger partial charge in [0, 0.05) is 13.1 Å². The van der Waals surface area contributed by atoms with Gasteiger partial charge >= 0.3 is 0 Å². The summed E-state index contributed by atoms with van der Waals surface area (Å²) in [7, 11) is 3.98.